The van der Waals surface area contributed by atoms with E-state index in [1.165, 1.54) is 22.5 Å². The number of hydrogen-bond donors (Lipinski definition) is 0. The minimum absolute atomic E-state index is 1.00. The van der Waals surface area contributed by atoms with E-state index in [9.17, 15) is 0 Å². The van der Waals surface area contributed by atoms with Gasteiger partial charge in [0.15, 0.2) is 0 Å². The highest BCUT2D eigenvalue weighted by Gasteiger charge is 2.15. The zero-order valence-electron chi connectivity index (χ0n) is 11.9. The van der Waals surface area contributed by atoms with Crippen LogP contribution in [0.4, 0.5) is 0 Å². The highest BCUT2D eigenvalue weighted by molar-refractivity contribution is 6.76. The van der Waals surface area contributed by atoms with E-state index in [2.05, 4.69) is 74.1 Å². The molecular weight excluding hydrogens is 234 g/mol. The van der Waals surface area contributed by atoms with E-state index >= 15 is 0 Å². The van der Waals surface area contributed by atoms with Crippen LogP contribution in [0, 0.1) is 0 Å². The molecule has 2 aromatic rings. The lowest BCUT2D eigenvalue weighted by molar-refractivity contribution is 0.375. The molecule has 0 aromatic heterocycles. The minimum Gasteiger partial charge on any atom is -0.305 e. The molecule has 0 aliphatic carbocycles. The summed E-state index contributed by atoms with van der Waals surface area (Å²) in [5.41, 5.74) is 1.41. The van der Waals surface area contributed by atoms with Gasteiger partial charge in [-0.1, -0.05) is 56.0 Å². The summed E-state index contributed by atoms with van der Waals surface area (Å²) in [6, 6.07) is 15.4. The summed E-state index contributed by atoms with van der Waals surface area (Å²) < 4.78 is 0. The molecule has 0 spiro atoms. The van der Waals surface area contributed by atoms with Crippen molar-refractivity contribution in [3.63, 3.8) is 0 Å². The number of nitrogens with zero attached hydrogens (tertiary/aromatic N) is 1. The van der Waals surface area contributed by atoms with Crippen molar-refractivity contribution in [3.05, 3.63) is 48.0 Å². The van der Waals surface area contributed by atoms with Crippen molar-refractivity contribution in [2.75, 3.05) is 13.2 Å². The Kier molecular flexibility index (Phi) is 3.88. The van der Waals surface area contributed by atoms with Crippen molar-refractivity contribution >= 4 is 18.8 Å². The van der Waals surface area contributed by atoms with Gasteiger partial charge in [0, 0.05) is 6.54 Å². The first kappa shape index (κ1) is 13.3. The average Bonchev–Trinajstić information content (AvgIpc) is 2.26. The Bertz CT molecular complexity index is 528. The molecule has 2 heteroatoms. The lowest BCUT2D eigenvalue weighted by atomic mass is 10.1. The van der Waals surface area contributed by atoms with Crippen LogP contribution in [0.5, 0.6) is 0 Å². The molecule has 0 heterocycles. The Hall–Kier alpha value is -1.12. The molecule has 1 nitrogen and oxygen atoms in total. The van der Waals surface area contributed by atoms with Gasteiger partial charge in [0.05, 0.1) is 8.07 Å². The van der Waals surface area contributed by atoms with Crippen LogP contribution in [0.2, 0.25) is 19.6 Å². The maximum Gasteiger partial charge on any atom is 0.0599 e. The highest BCUT2D eigenvalue weighted by atomic mass is 28.3. The van der Waals surface area contributed by atoms with Gasteiger partial charge in [-0.2, -0.15) is 0 Å². The Morgan fingerprint density at radius 3 is 2.28 bits per heavy atom. The second kappa shape index (κ2) is 5.25. The van der Waals surface area contributed by atoms with Crippen LogP contribution in [0.25, 0.3) is 10.8 Å². The van der Waals surface area contributed by atoms with Crippen LogP contribution in [0.3, 0.4) is 0 Å². The molecule has 18 heavy (non-hydrogen) atoms. The molecule has 0 fully saturated rings. The molecule has 0 atom stereocenters. The van der Waals surface area contributed by atoms with Crippen LogP contribution >= 0.6 is 0 Å². The van der Waals surface area contributed by atoms with Crippen LogP contribution in [0.15, 0.2) is 42.5 Å². The summed E-state index contributed by atoms with van der Waals surface area (Å²) in [5, 5.41) is 2.67. The van der Waals surface area contributed by atoms with Crippen LogP contribution in [0.1, 0.15) is 5.56 Å². The summed E-state index contributed by atoms with van der Waals surface area (Å²) in [4.78, 5) is 2.45. The number of benzene rings is 2. The van der Waals surface area contributed by atoms with Crippen LogP contribution < -0.4 is 0 Å². The first-order valence-corrected chi connectivity index (χ1v) is 10.3. The Morgan fingerprint density at radius 2 is 1.61 bits per heavy atom. The summed E-state index contributed by atoms with van der Waals surface area (Å²) in [7, 11) is 1.23. The monoisotopic (exact) mass is 257 g/mol. The standard InChI is InChI=1S/C16H23NSi/c1-17(13-18(2,3)4)12-14-9-10-15-7-5-6-8-16(15)11-14/h5-11H,12-13H2,1-4H3. The van der Waals surface area contributed by atoms with Gasteiger partial charge < -0.3 is 4.90 Å². The fourth-order valence-electron chi connectivity index (χ4n) is 2.51. The third kappa shape index (κ3) is 3.69. The van der Waals surface area contributed by atoms with Crippen molar-refractivity contribution in [3.8, 4) is 0 Å². The van der Waals surface area contributed by atoms with Gasteiger partial charge >= 0.3 is 0 Å². The molecule has 2 aromatic carbocycles. The van der Waals surface area contributed by atoms with Gasteiger partial charge in [0.25, 0.3) is 0 Å². The van der Waals surface area contributed by atoms with Crippen molar-refractivity contribution in [2.45, 2.75) is 26.2 Å². The summed E-state index contributed by atoms with van der Waals surface area (Å²) in [6.45, 7) is 8.31. The van der Waals surface area contributed by atoms with Crippen molar-refractivity contribution in [1.29, 1.82) is 0 Å². The molecular formula is C16H23NSi. The van der Waals surface area contributed by atoms with Crippen molar-refractivity contribution in [2.24, 2.45) is 0 Å². The zero-order valence-corrected chi connectivity index (χ0v) is 12.9. The number of rotatable bonds is 4. The molecule has 0 aliphatic heterocycles. The van der Waals surface area contributed by atoms with Crippen LogP contribution in [-0.2, 0) is 6.54 Å². The molecule has 0 unspecified atom stereocenters. The van der Waals surface area contributed by atoms with Crippen molar-refractivity contribution in [1.82, 2.24) is 4.90 Å². The van der Waals surface area contributed by atoms with E-state index in [1.54, 1.807) is 0 Å². The second-order valence-corrected chi connectivity index (χ2v) is 11.9. The van der Waals surface area contributed by atoms with E-state index < -0.39 is 8.07 Å². The highest BCUT2D eigenvalue weighted by Crippen LogP contribution is 2.17. The van der Waals surface area contributed by atoms with Crippen LogP contribution in [-0.4, -0.2) is 26.2 Å². The number of fused-ring (bicyclic) bond motifs is 1. The van der Waals surface area contributed by atoms with E-state index in [4.69, 9.17) is 0 Å². The fraction of sp³-hybridized carbons (Fsp3) is 0.375. The van der Waals surface area contributed by atoms with Gasteiger partial charge in [-0.15, -0.1) is 0 Å². The zero-order chi connectivity index (χ0) is 13.2. The SMILES string of the molecule is CN(Cc1ccc2ccccc2c1)C[Si](C)(C)C. The van der Waals surface area contributed by atoms with Gasteiger partial charge in [-0.05, 0) is 35.6 Å². The third-order valence-corrected chi connectivity index (χ3v) is 4.50. The largest absolute Gasteiger partial charge is 0.305 e. The van der Waals surface area contributed by atoms with E-state index in [-0.39, 0.29) is 0 Å². The summed E-state index contributed by atoms with van der Waals surface area (Å²) >= 11 is 0. The summed E-state index contributed by atoms with van der Waals surface area (Å²) in [6.07, 6.45) is 1.25. The Balaban J connectivity index is 2.12. The maximum atomic E-state index is 2.45. The number of hydrogen-bond acceptors (Lipinski definition) is 1. The molecule has 0 amide bonds. The molecule has 96 valence electrons. The smallest absolute Gasteiger partial charge is 0.0599 e. The molecule has 0 saturated carbocycles. The molecule has 0 bridgehead atoms. The quantitative estimate of drug-likeness (QED) is 0.744. The average molecular weight is 257 g/mol. The minimum atomic E-state index is -1.00. The predicted octanol–water partition coefficient (Wildman–Crippen LogP) is 4.15. The van der Waals surface area contributed by atoms with Gasteiger partial charge in [-0.25, -0.2) is 0 Å². The molecule has 2 rings (SSSR count). The first-order valence-electron chi connectivity index (χ1n) is 6.60. The second-order valence-electron chi connectivity index (χ2n) is 6.41. The predicted molar refractivity (Wildman–Crippen MR) is 83.6 cm³/mol. The van der Waals surface area contributed by atoms with Gasteiger partial charge in [0.2, 0.25) is 0 Å². The molecule has 0 saturated heterocycles. The first-order chi connectivity index (χ1) is 8.44. The fourth-order valence-corrected chi connectivity index (χ4v) is 4.25. The van der Waals surface area contributed by atoms with Crippen molar-refractivity contribution < 1.29 is 0 Å². The third-order valence-electron chi connectivity index (χ3n) is 3.01. The Morgan fingerprint density at radius 1 is 0.944 bits per heavy atom. The van der Waals surface area contributed by atoms with E-state index in [0.29, 0.717) is 0 Å². The summed E-state index contributed by atoms with van der Waals surface area (Å²) in [5.74, 6) is 0. The van der Waals surface area contributed by atoms with E-state index in [1.807, 2.05) is 0 Å². The lowest BCUT2D eigenvalue weighted by Gasteiger charge is -2.25. The lowest BCUT2D eigenvalue weighted by Crippen LogP contribution is -2.37. The Labute approximate surface area is 111 Å². The molecule has 0 radical (unpaired) electrons. The van der Waals surface area contributed by atoms with Gasteiger partial charge in [-0.3, -0.25) is 0 Å². The molecule has 0 N–H and O–H groups in total. The molecule has 0 aliphatic rings. The van der Waals surface area contributed by atoms with Gasteiger partial charge in [0.1, 0.15) is 0 Å². The topological polar surface area (TPSA) is 3.24 Å². The maximum absolute atomic E-state index is 2.45. The normalized spacial score (nSPS) is 12.3. The van der Waals surface area contributed by atoms with E-state index in [0.717, 1.165) is 6.54 Å².